The van der Waals surface area contributed by atoms with Gasteiger partial charge in [-0.1, -0.05) is 18.2 Å². The van der Waals surface area contributed by atoms with Crippen LogP contribution in [0.3, 0.4) is 0 Å². The fraction of sp³-hybridized carbons (Fsp3) is 0.348. The van der Waals surface area contributed by atoms with Gasteiger partial charge in [-0.2, -0.15) is 13.2 Å². The number of ether oxygens (including phenoxy) is 1. The van der Waals surface area contributed by atoms with Crippen molar-refractivity contribution in [3.63, 3.8) is 0 Å². The van der Waals surface area contributed by atoms with Gasteiger partial charge >= 0.3 is 18.1 Å². The Labute approximate surface area is 214 Å². The maximum absolute atomic E-state index is 12.4. The SMILES string of the molecule is O=C(CCCCNc1ccccn1)NCC(=O)NC(CC(=O)OC(=O)C(F)(F)F)c1cccc([N+](=O)[O-])c1. The molecule has 0 fully saturated rings. The van der Waals surface area contributed by atoms with Crippen molar-refractivity contribution in [3.05, 3.63) is 64.3 Å². The Morgan fingerprint density at radius 1 is 1.05 bits per heavy atom. The van der Waals surface area contributed by atoms with E-state index in [0.717, 1.165) is 12.1 Å². The molecule has 3 N–H and O–H groups in total. The number of nitro benzene ring substituents is 1. The third-order valence-electron chi connectivity index (χ3n) is 4.88. The zero-order chi connectivity index (χ0) is 28.1. The summed E-state index contributed by atoms with van der Waals surface area (Å²) in [5.41, 5.74) is -0.414. The van der Waals surface area contributed by atoms with Gasteiger partial charge in [-0.25, -0.2) is 9.78 Å². The maximum Gasteiger partial charge on any atom is 0.491 e. The van der Waals surface area contributed by atoms with Gasteiger partial charge in [0.15, 0.2) is 0 Å². The second kappa shape index (κ2) is 14.2. The van der Waals surface area contributed by atoms with Gasteiger partial charge in [0.2, 0.25) is 11.8 Å². The Bertz CT molecular complexity index is 1150. The number of hydrogen-bond acceptors (Lipinski definition) is 9. The molecule has 0 saturated carbocycles. The van der Waals surface area contributed by atoms with E-state index in [1.165, 1.54) is 12.1 Å². The number of nitrogens with zero attached hydrogens (tertiary/aromatic N) is 2. The standard InChI is InChI=1S/C23H24F3N5O7/c24-23(25,26)22(35)38-21(34)13-17(15-6-5-7-16(12-15)31(36)37)30-20(33)14-29-19(32)9-2-4-11-28-18-8-1-3-10-27-18/h1,3,5-8,10,12,17H,2,4,9,11,13-14H2,(H,27,28)(H,29,32)(H,30,33). The van der Waals surface area contributed by atoms with E-state index in [1.807, 2.05) is 6.07 Å². The smallest absolute Gasteiger partial charge is 0.386 e. The van der Waals surface area contributed by atoms with Gasteiger partial charge in [-0.15, -0.1) is 0 Å². The van der Waals surface area contributed by atoms with Crippen LogP contribution in [0.15, 0.2) is 48.7 Å². The van der Waals surface area contributed by atoms with Crippen molar-refractivity contribution in [2.45, 2.75) is 37.9 Å². The summed E-state index contributed by atoms with van der Waals surface area (Å²) in [4.78, 5) is 61.6. The van der Waals surface area contributed by atoms with Gasteiger partial charge in [0.1, 0.15) is 5.82 Å². The highest BCUT2D eigenvalue weighted by Crippen LogP contribution is 2.23. The lowest BCUT2D eigenvalue weighted by Gasteiger charge is -2.19. The minimum absolute atomic E-state index is 0.00399. The Balaban J connectivity index is 1.89. The van der Waals surface area contributed by atoms with E-state index < -0.39 is 59.5 Å². The number of carbonyl (C=O) groups excluding carboxylic acids is 4. The number of hydrogen-bond donors (Lipinski definition) is 3. The van der Waals surface area contributed by atoms with Gasteiger partial charge in [-0.05, 0) is 30.5 Å². The molecule has 0 bridgehead atoms. The Kier molecular flexibility index (Phi) is 11.1. The number of unbranched alkanes of at least 4 members (excludes halogenated alkanes) is 1. The number of pyridine rings is 1. The summed E-state index contributed by atoms with van der Waals surface area (Å²) in [5.74, 6) is -4.94. The van der Waals surface area contributed by atoms with Crippen LogP contribution in [0.25, 0.3) is 0 Å². The van der Waals surface area contributed by atoms with E-state index in [4.69, 9.17) is 0 Å². The fourth-order valence-corrected chi connectivity index (χ4v) is 3.08. The minimum Gasteiger partial charge on any atom is -0.386 e. The molecule has 0 aliphatic carbocycles. The van der Waals surface area contributed by atoms with Crippen molar-refractivity contribution in [2.75, 3.05) is 18.4 Å². The first-order valence-electron chi connectivity index (χ1n) is 11.2. The summed E-state index contributed by atoms with van der Waals surface area (Å²) in [6, 6.07) is 8.66. The number of non-ortho nitro benzene ring substituents is 1. The number of nitrogens with one attached hydrogen (secondary N) is 3. The first-order chi connectivity index (χ1) is 18.0. The van der Waals surface area contributed by atoms with Crippen molar-refractivity contribution >= 4 is 35.3 Å². The molecule has 204 valence electrons. The molecule has 12 nitrogen and oxygen atoms in total. The predicted molar refractivity (Wildman–Crippen MR) is 125 cm³/mol. The monoisotopic (exact) mass is 539 g/mol. The third-order valence-corrected chi connectivity index (χ3v) is 4.88. The van der Waals surface area contributed by atoms with E-state index >= 15 is 0 Å². The highest BCUT2D eigenvalue weighted by atomic mass is 19.4. The van der Waals surface area contributed by atoms with E-state index in [2.05, 4.69) is 25.7 Å². The number of benzene rings is 1. The van der Waals surface area contributed by atoms with E-state index in [-0.39, 0.29) is 12.0 Å². The number of aromatic nitrogens is 1. The summed E-state index contributed by atoms with van der Waals surface area (Å²) in [6.45, 7) is 0.0373. The lowest BCUT2D eigenvalue weighted by atomic mass is 10.0. The zero-order valence-electron chi connectivity index (χ0n) is 19.8. The number of amides is 2. The number of esters is 2. The predicted octanol–water partition coefficient (Wildman–Crippen LogP) is 2.57. The van der Waals surface area contributed by atoms with Gasteiger partial charge < -0.3 is 20.7 Å². The molecule has 1 unspecified atom stereocenters. The summed E-state index contributed by atoms with van der Waals surface area (Å²) < 4.78 is 40.9. The van der Waals surface area contributed by atoms with Gasteiger partial charge in [0.05, 0.1) is 23.9 Å². The quantitative estimate of drug-likeness (QED) is 0.114. The lowest BCUT2D eigenvalue weighted by molar-refractivity contribution is -0.384. The number of anilines is 1. The Morgan fingerprint density at radius 2 is 1.82 bits per heavy atom. The van der Waals surface area contributed by atoms with E-state index in [0.29, 0.717) is 25.2 Å². The van der Waals surface area contributed by atoms with Crippen molar-refractivity contribution in [1.29, 1.82) is 0 Å². The molecular weight excluding hydrogens is 515 g/mol. The Morgan fingerprint density at radius 3 is 2.47 bits per heavy atom. The first-order valence-corrected chi connectivity index (χ1v) is 11.2. The minimum atomic E-state index is -5.42. The molecule has 38 heavy (non-hydrogen) atoms. The molecule has 0 aliphatic rings. The average Bonchev–Trinajstić information content (AvgIpc) is 2.87. The number of rotatable bonds is 13. The van der Waals surface area contributed by atoms with E-state index in [1.54, 1.807) is 18.3 Å². The second-order valence-corrected chi connectivity index (χ2v) is 7.81. The largest absolute Gasteiger partial charge is 0.491 e. The lowest BCUT2D eigenvalue weighted by Crippen LogP contribution is -2.39. The number of halogens is 3. The molecule has 0 aliphatic heterocycles. The van der Waals surface area contributed by atoms with Crippen LogP contribution in [0.4, 0.5) is 24.7 Å². The molecule has 1 heterocycles. The van der Waals surface area contributed by atoms with Gasteiger partial charge in [0.25, 0.3) is 5.69 Å². The summed E-state index contributed by atoms with van der Waals surface area (Å²) >= 11 is 0. The maximum atomic E-state index is 12.4. The molecule has 1 atom stereocenters. The molecule has 2 rings (SSSR count). The van der Waals surface area contributed by atoms with Crippen molar-refractivity contribution < 1.29 is 42.0 Å². The summed E-state index contributed by atoms with van der Waals surface area (Å²) in [6.07, 6.45) is -3.47. The van der Waals surface area contributed by atoms with Gasteiger partial charge in [-0.3, -0.25) is 24.5 Å². The molecule has 0 spiro atoms. The van der Waals surface area contributed by atoms with Crippen LogP contribution in [-0.4, -0.2) is 52.9 Å². The van der Waals surface area contributed by atoms with Crippen LogP contribution in [0.2, 0.25) is 0 Å². The fourth-order valence-electron chi connectivity index (χ4n) is 3.08. The topological polar surface area (TPSA) is 170 Å². The molecule has 0 saturated heterocycles. The number of carbonyl (C=O) groups is 4. The van der Waals surface area contributed by atoms with Crippen LogP contribution in [0.1, 0.15) is 37.3 Å². The molecule has 1 aromatic heterocycles. The van der Waals surface area contributed by atoms with Crippen LogP contribution in [0.5, 0.6) is 0 Å². The van der Waals surface area contributed by atoms with Crippen LogP contribution < -0.4 is 16.0 Å². The molecule has 0 radical (unpaired) electrons. The van der Waals surface area contributed by atoms with Gasteiger partial charge in [0, 0.05) is 31.3 Å². The first kappa shape index (κ1) is 29.7. The van der Waals surface area contributed by atoms with Crippen LogP contribution in [-0.2, 0) is 23.9 Å². The zero-order valence-corrected chi connectivity index (χ0v) is 19.8. The van der Waals surface area contributed by atoms with E-state index in [9.17, 15) is 42.5 Å². The average molecular weight is 539 g/mol. The highest BCUT2D eigenvalue weighted by Gasteiger charge is 2.42. The highest BCUT2D eigenvalue weighted by molar-refractivity contribution is 5.89. The molecule has 2 amide bonds. The molecule has 15 heteroatoms. The molecule has 2 aromatic rings. The van der Waals surface area contributed by atoms with Crippen LogP contribution in [0, 0.1) is 10.1 Å². The van der Waals surface area contributed by atoms with Crippen molar-refractivity contribution in [2.24, 2.45) is 0 Å². The van der Waals surface area contributed by atoms with Crippen molar-refractivity contribution in [3.8, 4) is 0 Å². The summed E-state index contributed by atoms with van der Waals surface area (Å²) in [5, 5.41) is 18.8. The van der Waals surface area contributed by atoms with Crippen LogP contribution >= 0.6 is 0 Å². The summed E-state index contributed by atoms with van der Waals surface area (Å²) in [7, 11) is 0. The number of alkyl halides is 3. The second-order valence-electron chi connectivity index (χ2n) is 7.81. The Hall–Kier alpha value is -4.56. The normalized spacial score (nSPS) is 11.7. The van der Waals surface area contributed by atoms with Crippen molar-refractivity contribution in [1.82, 2.24) is 15.6 Å². The third kappa shape index (κ3) is 10.6. The molecular formula is C23H24F3N5O7. The number of nitro groups is 1. The molecule has 1 aromatic carbocycles.